The number of rotatable bonds is 0. The molecule has 1 aliphatic rings. The number of amides is 1. The Morgan fingerprint density at radius 1 is 1.44 bits per heavy atom. The van der Waals surface area contributed by atoms with Crippen LogP contribution in [-0.4, -0.2) is 28.7 Å². The number of carbonyl (C=O) groups excluding carboxylic acids is 1. The number of hydrogen-bond donors (Lipinski definition) is 0. The molecule has 1 unspecified atom stereocenters. The summed E-state index contributed by atoms with van der Waals surface area (Å²) in [6.07, 6.45) is 8.15. The highest BCUT2D eigenvalue weighted by molar-refractivity contribution is 5.70. The Bertz CT molecular complexity index is 311. The number of carbonyl (C=O) groups is 1. The predicted molar refractivity (Wildman–Crippen MR) is 64.0 cm³/mol. The molecule has 0 radical (unpaired) electrons. The quantitative estimate of drug-likeness (QED) is 0.591. The van der Waals surface area contributed by atoms with E-state index >= 15 is 0 Å². The zero-order valence-electron chi connectivity index (χ0n) is 10.7. The summed E-state index contributed by atoms with van der Waals surface area (Å²) in [5, 5.41) is 0. The minimum atomic E-state index is -0.486. The molecule has 0 aliphatic carbocycles. The minimum Gasteiger partial charge on any atom is -0.444 e. The standard InChI is InChI=1S/C13H21NO2/c1-6-13(5)9-7-8-10-14(13)11(15)16-12(2,3)4/h1H,7-10H2,2-5H3. The van der Waals surface area contributed by atoms with Gasteiger partial charge in [0.1, 0.15) is 11.1 Å². The first-order valence-corrected chi connectivity index (χ1v) is 5.77. The zero-order valence-corrected chi connectivity index (χ0v) is 10.7. The van der Waals surface area contributed by atoms with Gasteiger partial charge in [-0.2, -0.15) is 0 Å². The van der Waals surface area contributed by atoms with E-state index in [0.717, 1.165) is 19.3 Å². The Morgan fingerprint density at radius 3 is 2.56 bits per heavy atom. The highest BCUT2D eigenvalue weighted by atomic mass is 16.6. The SMILES string of the molecule is C#CC1(C)CCCCN1C(=O)OC(C)(C)C. The summed E-state index contributed by atoms with van der Waals surface area (Å²) in [6, 6.07) is 0. The van der Waals surface area contributed by atoms with Crippen molar-refractivity contribution in [2.45, 2.75) is 58.1 Å². The highest BCUT2D eigenvalue weighted by Gasteiger charge is 2.38. The number of nitrogens with zero attached hydrogens (tertiary/aromatic N) is 1. The van der Waals surface area contributed by atoms with Gasteiger partial charge in [0, 0.05) is 6.54 Å². The summed E-state index contributed by atoms with van der Waals surface area (Å²) >= 11 is 0. The minimum absolute atomic E-state index is 0.298. The van der Waals surface area contributed by atoms with Gasteiger partial charge in [0.15, 0.2) is 0 Å². The van der Waals surface area contributed by atoms with Crippen LogP contribution in [0.2, 0.25) is 0 Å². The maximum atomic E-state index is 12.0. The second-order valence-corrected chi connectivity index (χ2v) is 5.51. The second-order valence-electron chi connectivity index (χ2n) is 5.51. The maximum absolute atomic E-state index is 12.0. The van der Waals surface area contributed by atoms with Crippen molar-refractivity contribution >= 4 is 6.09 Å². The first-order chi connectivity index (χ1) is 7.28. The van der Waals surface area contributed by atoms with Crippen molar-refractivity contribution in [2.24, 2.45) is 0 Å². The number of terminal acetylenes is 1. The van der Waals surface area contributed by atoms with Crippen LogP contribution in [0.25, 0.3) is 0 Å². The summed E-state index contributed by atoms with van der Waals surface area (Å²) in [4.78, 5) is 13.7. The molecule has 0 saturated carbocycles. The number of piperidine rings is 1. The Balaban J connectivity index is 2.78. The molecular formula is C13H21NO2. The summed E-state index contributed by atoms with van der Waals surface area (Å²) in [6.45, 7) is 8.21. The molecule has 1 amide bonds. The Labute approximate surface area is 98.1 Å². The van der Waals surface area contributed by atoms with E-state index in [4.69, 9.17) is 11.2 Å². The van der Waals surface area contributed by atoms with Crippen LogP contribution in [0.1, 0.15) is 47.0 Å². The van der Waals surface area contributed by atoms with Gasteiger partial charge in [0.2, 0.25) is 0 Å². The molecule has 0 aromatic rings. The third-order valence-corrected chi connectivity index (χ3v) is 2.82. The zero-order chi connectivity index (χ0) is 12.4. The van der Waals surface area contributed by atoms with E-state index < -0.39 is 11.1 Å². The van der Waals surface area contributed by atoms with Gasteiger partial charge < -0.3 is 4.74 Å². The normalized spacial score (nSPS) is 26.1. The summed E-state index contributed by atoms with van der Waals surface area (Å²) in [7, 11) is 0. The van der Waals surface area contributed by atoms with Crippen molar-refractivity contribution in [3.8, 4) is 12.3 Å². The van der Waals surface area contributed by atoms with Crippen molar-refractivity contribution in [3.05, 3.63) is 0 Å². The lowest BCUT2D eigenvalue weighted by atomic mass is 9.90. The van der Waals surface area contributed by atoms with Gasteiger partial charge in [0.05, 0.1) is 0 Å². The maximum Gasteiger partial charge on any atom is 0.411 e. The Kier molecular flexibility index (Phi) is 3.52. The summed E-state index contributed by atoms with van der Waals surface area (Å²) < 4.78 is 5.37. The van der Waals surface area contributed by atoms with Crippen molar-refractivity contribution < 1.29 is 9.53 Å². The van der Waals surface area contributed by atoms with E-state index in [1.807, 2.05) is 27.7 Å². The lowest BCUT2D eigenvalue weighted by molar-refractivity contribution is 0.00157. The molecule has 0 aromatic heterocycles. The monoisotopic (exact) mass is 223 g/mol. The average Bonchev–Trinajstić information content (AvgIpc) is 2.15. The fourth-order valence-electron chi connectivity index (χ4n) is 1.88. The fourth-order valence-corrected chi connectivity index (χ4v) is 1.88. The number of hydrogen-bond acceptors (Lipinski definition) is 2. The van der Waals surface area contributed by atoms with E-state index in [-0.39, 0.29) is 6.09 Å². The topological polar surface area (TPSA) is 29.5 Å². The van der Waals surface area contributed by atoms with Crippen LogP contribution in [0.3, 0.4) is 0 Å². The molecule has 3 nitrogen and oxygen atoms in total. The number of ether oxygens (including phenoxy) is 1. The lowest BCUT2D eigenvalue weighted by Gasteiger charge is -2.41. The molecule has 0 aromatic carbocycles. The molecule has 0 N–H and O–H groups in total. The highest BCUT2D eigenvalue weighted by Crippen LogP contribution is 2.28. The lowest BCUT2D eigenvalue weighted by Crippen LogP contribution is -2.53. The molecule has 3 heteroatoms. The molecule has 16 heavy (non-hydrogen) atoms. The van der Waals surface area contributed by atoms with Gasteiger partial charge in [-0.3, -0.25) is 4.90 Å². The molecule has 0 spiro atoms. The first kappa shape index (κ1) is 12.9. The first-order valence-electron chi connectivity index (χ1n) is 5.77. The van der Waals surface area contributed by atoms with Crippen molar-refractivity contribution in [3.63, 3.8) is 0 Å². The van der Waals surface area contributed by atoms with Crippen molar-refractivity contribution in [2.75, 3.05) is 6.54 Å². The van der Waals surface area contributed by atoms with E-state index in [1.54, 1.807) is 4.90 Å². The summed E-state index contributed by atoms with van der Waals surface area (Å²) in [5.41, 5.74) is -0.954. The van der Waals surface area contributed by atoms with Crippen LogP contribution in [0.15, 0.2) is 0 Å². The molecule has 1 rings (SSSR count). The second kappa shape index (κ2) is 4.37. The van der Waals surface area contributed by atoms with Crippen LogP contribution in [0, 0.1) is 12.3 Å². The Morgan fingerprint density at radius 2 is 2.06 bits per heavy atom. The predicted octanol–water partition coefficient (Wildman–Crippen LogP) is 2.80. The molecule has 1 heterocycles. The van der Waals surface area contributed by atoms with Gasteiger partial charge in [-0.05, 0) is 47.0 Å². The fraction of sp³-hybridized carbons (Fsp3) is 0.769. The molecule has 1 saturated heterocycles. The largest absolute Gasteiger partial charge is 0.444 e. The van der Waals surface area contributed by atoms with Gasteiger partial charge >= 0.3 is 6.09 Å². The molecule has 90 valence electrons. The van der Waals surface area contributed by atoms with Crippen LogP contribution < -0.4 is 0 Å². The molecular weight excluding hydrogens is 202 g/mol. The third-order valence-electron chi connectivity index (χ3n) is 2.82. The van der Waals surface area contributed by atoms with Crippen LogP contribution in [0.5, 0.6) is 0 Å². The van der Waals surface area contributed by atoms with E-state index in [9.17, 15) is 4.79 Å². The van der Waals surface area contributed by atoms with Crippen molar-refractivity contribution in [1.82, 2.24) is 4.90 Å². The molecule has 0 bridgehead atoms. The summed E-state index contributed by atoms with van der Waals surface area (Å²) in [5.74, 6) is 2.72. The van der Waals surface area contributed by atoms with Gasteiger partial charge in [-0.15, -0.1) is 6.42 Å². The smallest absolute Gasteiger partial charge is 0.411 e. The van der Waals surface area contributed by atoms with E-state index in [2.05, 4.69) is 5.92 Å². The molecule has 1 aliphatic heterocycles. The van der Waals surface area contributed by atoms with Crippen LogP contribution in [-0.2, 0) is 4.74 Å². The van der Waals surface area contributed by atoms with Gasteiger partial charge in [-0.1, -0.05) is 5.92 Å². The molecule has 1 atom stereocenters. The van der Waals surface area contributed by atoms with E-state index in [1.165, 1.54) is 0 Å². The van der Waals surface area contributed by atoms with Crippen molar-refractivity contribution in [1.29, 1.82) is 0 Å². The Hall–Kier alpha value is -1.17. The van der Waals surface area contributed by atoms with Gasteiger partial charge in [-0.25, -0.2) is 4.79 Å². The molecule has 1 fully saturated rings. The third kappa shape index (κ3) is 2.91. The van der Waals surface area contributed by atoms with Crippen LogP contribution >= 0.6 is 0 Å². The average molecular weight is 223 g/mol. The van der Waals surface area contributed by atoms with Crippen LogP contribution in [0.4, 0.5) is 4.79 Å². The van der Waals surface area contributed by atoms with Gasteiger partial charge in [0.25, 0.3) is 0 Å². The number of likely N-dealkylation sites (tertiary alicyclic amines) is 1. The van der Waals surface area contributed by atoms with E-state index in [0.29, 0.717) is 6.54 Å².